The van der Waals surface area contributed by atoms with Gasteiger partial charge < -0.3 is 5.11 Å². The number of nitrogens with zero attached hydrogens (tertiary/aromatic N) is 1. The molecule has 0 fully saturated rings. The molecule has 0 radical (unpaired) electrons. The highest BCUT2D eigenvalue weighted by Crippen LogP contribution is 2.15. The van der Waals surface area contributed by atoms with Crippen LogP contribution in [-0.2, 0) is 4.79 Å². The average Bonchev–Trinajstić information content (AvgIpc) is 2.51. The van der Waals surface area contributed by atoms with E-state index in [0.717, 1.165) is 10.7 Å². The van der Waals surface area contributed by atoms with Gasteiger partial charge in [0.2, 0.25) is 0 Å². The van der Waals surface area contributed by atoms with Crippen LogP contribution in [0.25, 0.3) is 0 Å². The normalized spacial score (nSPS) is 15.1. The summed E-state index contributed by atoms with van der Waals surface area (Å²) in [7, 11) is 0. The van der Waals surface area contributed by atoms with Crippen molar-refractivity contribution >= 4 is 17.3 Å². The second kappa shape index (κ2) is 4.52. The van der Waals surface area contributed by atoms with Gasteiger partial charge in [-0.05, 0) is 20.8 Å². The maximum atomic E-state index is 10.6. The third-order valence-electron chi connectivity index (χ3n) is 1.95. The van der Waals surface area contributed by atoms with Crippen LogP contribution >= 0.6 is 11.3 Å². The molecule has 0 aromatic carbocycles. The third-order valence-corrected chi connectivity index (χ3v) is 2.74. The molecule has 0 saturated heterocycles. The van der Waals surface area contributed by atoms with Crippen LogP contribution in [0.5, 0.6) is 0 Å². The number of aromatic nitrogens is 1. The predicted molar refractivity (Wildman–Crippen MR) is 55.5 cm³/mol. The molecular formula is C9H14N2O2S. The van der Waals surface area contributed by atoms with Crippen LogP contribution in [0, 0.1) is 6.92 Å². The van der Waals surface area contributed by atoms with Gasteiger partial charge >= 0.3 is 5.97 Å². The highest BCUT2D eigenvalue weighted by molar-refractivity contribution is 7.09. The number of hydrogen-bond acceptors (Lipinski definition) is 4. The van der Waals surface area contributed by atoms with Gasteiger partial charge in [0.05, 0.1) is 10.7 Å². The van der Waals surface area contributed by atoms with Gasteiger partial charge in [-0.1, -0.05) is 0 Å². The monoisotopic (exact) mass is 214 g/mol. The molecule has 0 bridgehead atoms. The number of carboxylic acid groups (broad SMARTS) is 1. The number of aryl methyl sites for hydroxylation is 1. The minimum Gasteiger partial charge on any atom is -0.480 e. The van der Waals surface area contributed by atoms with E-state index in [1.54, 1.807) is 18.3 Å². The van der Waals surface area contributed by atoms with Crippen LogP contribution in [0.1, 0.15) is 30.6 Å². The third kappa shape index (κ3) is 2.78. The first-order valence-electron chi connectivity index (χ1n) is 4.41. The van der Waals surface area contributed by atoms with Crippen molar-refractivity contribution in [2.45, 2.75) is 32.9 Å². The second-order valence-electron chi connectivity index (χ2n) is 3.24. The van der Waals surface area contributed by atoms with Crippen LogP contribution in [0.3, 0.4) is 0 Å². The lowest BCUT2D eigenvalue weighted by molar-refractivity contribution is -0.139. The number of carboxylic acids is 1. The number of nitrogens with one attached hydrogen (secondary N) is 1. The summed E-state index contributed by atoms with van der Waals surface area (Å²) in [6.45, 7) is 5.47. The fraction of sp³-hybridized carbons (Fsp3) is 0.556. The van der Waals surface area contributed by atoms with Gasteiger partial charge in [-0.2, -0.15) is 0 Å². The SMILES string of the molecule is Cc1nc(C(C)NC(C)C(=O)O)cs1. The minimum atomic E-state index is -0.844. The Bertz CT molecular complexity index is 324. The van der Waals surface area contributed by atoms with Crippen molar-refractivity contribution in [3.05, 3.63) is 16.1 Å². The lowest BCUT2D eigenvalue weighted by Crippen LogP contribution is -2.35. The minimum absolute atomic E-state index is 0.0222. The molecule has 0 aliphatic rings. The molecule has 2 N–H and O–H groups in total. The quantitative estimate of drug-likeness (QED) is 0.798. The van der Waals surface area contributed by atoms with E-state index < -0.39 is 12.0 Å². The van der Waals surface area contributed by atoms with Crippen molar-refractivity contribution in [3.8, 4) is 0 Å². The van der Waals surface area contributed by atoms with E-state index >= 15 is 0 Å². The zero-order valence-electron chi connectivity index (χ0n) is 8.44. The molecule has 4 nitrogen and oxygen atoms in total. The fourth-order valence-electron chi connectivity index (χ4n) is 1.11. The molecule has 2 atom stereocenters. The predicted octanol–water partition coefficient (Wildman–Crippen LogP) is 1.58. The number of hydrogen-bond donors (Lipinski definition) is 2. The Labute approximate surface area is 87.0 Å². The van der Waals surface area contributed by atoms with Crippen molar-refractivity contribution in [1.29, 1.82) is 0 Å². The average molecular weight is 214 g/mol. The zero-order chi connectivity index (χ0) is 10.7. The topological polar surface area (TPSA) is 62.2 Å². The molecule has 0 spiro atoms. The molecule has 2 unspecified atom stereocenters. The molecule has 14 heavy (non-hydrogen) atoms. The van der Waals surface area contributed by atoms with Gasteiger partial charge in [-0.15, -0.1) is 11.3 Å². The van der Waals surface area contributed by atoms with Gasteiger partial charge in [0, 0.05) is 11.4 Å². The summed E-state index contributed by atoms with van der Waals surface area (Å²) >= 11 is 1.57. The molecule has 78 valence electrons. The zero-order valence-corrected chi connectivity index (χ0v) is 9.26. The highest BCUT2D eigenvalue weighted by Gasteiger charge is 2.16. The van der Waals surface area contributed by atoms with Crippen molar-refractivity contribution < 1.29 is 9.90 Å². The van der Waals surface area contributed by atoms with Crippen molar-refractivity contribution in [1.82, 2.24) is 10.3 Å². The summed E-state index contributed by atoms with van der Waals surface area (Å²) in [6.07, 6.45) is 0. The molecule has 1 heterocycles. The van der Waals surface area contributed by atoms with Crippen LogP contribution < -0.4 is 5.32 Å². The molecule has 1 aromatic rings. The van der Waals surface area contributed by atoms with E-state index in [-0.39, 0.29) is 6.04 Å². The fourth-order valence-corrected chi connectivity index (χ4v) is 1.82. The van der Waals surface area contributed by atoms with Crippen molar-refractivity contribution in [2.24, 2.45) is 0 Å². The maximum absolute atomic E-state index is 10.6. The largest absolute Gasteiger partial charge is 0.480 e. The number of aliphatic carboxylic acids is 1. The first-order valence-corrected chi connectivity index (χ1v) is 5.29. The van der Waals surface area contributed by atoms with Gasteiger partial charge in [-0.25, -0.2) is 4.98 Å². The Morgan fingerprint density at radius 3 is 2.71 bits per heavy atom. The first-order chi connectivity index (χ1) is 6.50. The van der Waals surface area contributed by atoms with Crippen molar-refractivity contribution in [3.63, 3.8) is 0 Å². The Morgan fingerprint density at radius 2 is 2.29 bits per heavy atom. The number of carbonyl (C=O) groups is 1. The number of rotatable bonds is 4. The van der Waals surface area contributed by atoms with E-state index in [4.69, 9.17) is 5.11 Å². The van der Waals surface area contributed by atoms with Gasteiger partial charge in [0.25, 0.3) is 0 Å². The summed E-state index contributed by atoms with van der Waals surface area (Å²) < 4.78 is 0. The van der Waals surface area contributed by atoms with Crippen LogP contribution in [0.4, 0.5) is 0 Å². The summed E-state index contributed by atoms with van der Waals surface area (Å²) in [5.41, 5.74) is 0.903. The molecule has 0 aliphatic carbocycles. The lowest BCUT2D eigenvalue weighted by atomic mass is 10.2. The highest BCUT2D eigenvalue weighted by atomic mass is 32.1. The van der Waals surface area contributed by atoms with Crippen LogP contribution in [0.2, 0.25) is 0 Å². The van der Waals surface area contributed by atoms with Gasteiger partial charge in [0.1, 0.15) is 6.04 Å². The molecule has 0 amide bonds. The Hall–Kier alpha value is -0.940. The Kier molecular flexibility index (Phi) is 3.60. The van der Waals surface area contributed by atoms with E-state index in [9.17, 15) is 4.79 Å². The molecule has 0 saturated carbocycles. The standard InChI is InChI=1S/C9H14N2O2S/c1-5(10-6(2)9(12)13)8-4-14-7(3)11-8/h4-6,10H,1-3H3,(H,12,13). The smallest absolute Gasteiger partial charge is 0.320 e. The first kappa shape index (κ1) is 11.1. The van der Waals surface area contributed by atoms with Crippen LogP contribution in [-0.4, -0.2) is 22.1 Å². The van der Waals surface area contributed by atoms with E-state index in [2.05, 4.69) is 10.3 Å². The van der Waals surface area contributed by atoms with Crippen LogP contribution in [0.15, 0.2) is 5.38 Å². The molecule has 1 rings (SSSR count). The van der Waals surface area contributed by atoms with Crippen molar-refractivity contribution in [2.75, 3.05) is 0 Å². The summed E-state index contributed by atoms with van der Waals surface area (Å²) in [5.74, 6) is -0.844. The maximum Gasteiger partial charge on any atom is 0.320 e. The molecule has 5 heteroatoms. The molecule has 1 aromatic heterocycles. The second-order valence-corrected chi connectivity index (χ2v) is 4.30. The van der Waals surface area contributed by atoms with Gasteiger partial charge in [-0.3, -0.25) is 10.1 Å². The Morgan fingerprint density at radius 1 is 1.64 bits per heavy atom. The number of thiazole rings is 1. The van der Waals surface area contributed by atoms with E-state index in [1.165, 1.54) is 0 Å². The lowest BCUT2D eigenvalue weighted by Gasteiger charge is -2.14. The molecule has 0 aliphatic heterocycles. The summed E-state index contributed by atoms with van der Waals surface area (Å²) in [6, 6.07) is -0.571. The summed E-state index contributed by atoms with van der Waals surface area (Å²) in [5, 5.41) is 14.6. The van der Waals surface area contributed by atoms with E-state index in [0.29, 0.717) is 0 Å². The Balaban J connectivity index is 2.58. The molecular weight excluding hydrogens is 200 g/mol. The van der Waals surface area contributed by atoms with E-state index in [1.807, 2.05) is 19.2 Å². The summed E-state index contributed by atoms with van der Waals surface area (Å²) in [4.78, 5) is 14.9. The van der Waals surface area contributed by atoms with Gasteiger partial charge in [0.15, 0.2) is 0 Å².